The minimum Gasteiger partial charge on any atom is -0.480 e. The van der Waals surface area contributed by atoms with E-state index in [1.54, 1.807) is 0 Å². The topological polar surface area (TPSA) is 69.6 Å². The van der Waals surface area contributed by atoms with E-state index < -0.39 is 29.6 Å². The number of likely N-dealkylation sites (N-methyl/N-ethyl adjacent to an activating group) is 1. The van der Waals surface area contributed by atoms with Crippen LogP contribution in [-0.2, 0) is 9.59 Å². The third kappa shape index (κ3) is 5.10. The summed E-state index contributed by atoms with van der Waals surface area (Å²) in [6.45, 7) is 1.17. The normalized spacial score (nSPS) is 11.7. The molecule has 0 aliphatic carbocycles. The first-order chi connectivity index (χ1) is 8.81. The Kier molecular flexibility index (Phi) is 7.09. The van der Waals surface area contributed by atoms with Crippen LogP contribution in [0.4, 0.5) is 14.5 Å². The fraction of sp³-hybridized carbons (Fsp3) is 0.333. The van der Waals surface area contributed by atoms with Gasteiger partial charge in [-0.25, -0.2) is 8.78 Å². The maximum atomic E-state index is 13.3. The molecule has 1 amide bonds. The Morgan fingerprint density at radius 2 is 2.00 bits per heavy atom. The Balaban J connectivity index is 0.00000361. The second-order valence-electron chi connectivity index (χ2n) is 4.10. The van der Waals surface area contributed by atoms with E-state index in [1.807, 2.05) is 0 Å². The molecule has 0 fully saturated rings. The van der Waals surface area contributed by atoms with Crippen LogP contribution >= 0.6 is 12.4 Å². The average Bonchev–Trinajstić information content (AvgIpc) is 2.32. The molecule has 1 unspecified atom stereocenters. The molecule has 2 N–H and O–H groups in total. The number of nitrogens with one attached hydrogen (secondary N) is 1. The standard InChI is InChI=1S/C12H14F2N2O3.ClH/c1-7(12(18)19)16(2)6-11(17)15-10-5-8(13)3-4-9(10)14;/h3-5,7H,6H2,1-2H3,(H,15,17)(H,18,19);1H. The van der Waals surface area contributed by atoms with Crippen LogP contribution < -0.4 is 5.32 Å². The van der Waals surface area contributed by atoms with Crippen LogP contribution in [0.1, 0.15) is 6.92 Å². The van der Waals surface area contributed by atoms with Crippen molar-refractivity contribution in [2.75, 3.05) is 18.9 Å². The van der Waals surface area contributed by atoms with E-state index in [9.17, 15) is 18.4 Å². The maximum absolute atomic E-state index is 13.3. The van der Waals surface area contributed by atoms with Gasteiger partial charge in [0.25, 0.3) is 0 Å². The predicted molar refractivity (Wildman–Crippen MR) is 72.0 cm³/mol. The molecule has 20 heavy (non-hydrogen) atoms. The van der Waals surface area contributed by atoms with Crippen molar-refractivity contribution in [1.82, 2.24) is 4.90 Å². The molecule has 1 atom stereocenters. The van der Waals surface area contributed by atoms with E-state index in [4.69, 9.17) is 5.11 Å². The van der Waals surface area contributed by atoms with Gasteiger partial charge in [0, 0.05) is 6.07 Å². The van der Waals surface area contributed by atoms with Crippen molar-refractivity contribution in [3.63, 3.8) is 0 Å². The molecule has 5 nitrogen and oxygen atoms in total. The van der Waals surface area contributed by atoms with E-state index in [1.165, 1.54) is 18.9 Å². The predicted octanol–water partition coefficient (Wildman–Crippen LogP) is 1.73. The van der Waals surface area contributed by atoms with Crippen LogP contribution in [0.2, 0.25) is 0 Å². The quantitative estimate of drug-likeness (QED) is 0.869. The van der Waals surface area contributed by atoms with Crippen LogP contribution in [0.25, 0.3) is 0 Å². The van der Waals surface area contributed by atoms with Crippen LogP contribution in [0, 0.1) is 11.6 Å². The lowest BCUT2D eigenvalue weighted by atomic mass is 10.2. The molecule has 0 bridgehead atoms. The molecule has 0 heterocycles. The van der Waals surface area contributed by atoms with Gasteiger partial charge in [-0.05, 0) is 26.1 Å². The largest absolute Gasteiger partial charge is 0.480 e. The number of carbonyl (C=O) groups excluding carboxylic acids is 1. The molecule has 0 aromatic heterocycles. The third-order valence-electron chi connectivity index (χ3n) is 2.61. The number of carboxylic acids is 1. The van der Waals surface area contributed by atoms with Gasteiger partial charge in [-0.1, -0.05) is 0 Å². The molecular weight excluding hydrogens is 294 g/mol. The molecule has 0 spiro atoms. The fourth-order valence-electron chi connectivity index (χ4n) is 1.34. The van der Waals surface area contributed by atoms with E-state index >= 15 is 0 Å². The van der Waals surface area contributed by atoms with Crippen LogP contribution in [-0.4, -0.2) is 41.5 Å². The minimum absolute atomic E-state index is 0. The Hall–Kier alpha value is -1.73. The van der Waals surface area contributed by atoms with E-state index in [2.05, 4.69) is 5.32 Å². The van der Waals surface area contributed by atoms with E-state index in [0.29, 0.717) is 0 Å². The number of rotatable bonds is 5. The Morgan fingerprint density at radius 3 is 2.55 bits per heavy atom. The highest BCUT2D eigenvalue weighted by Crippen LogP contribution is 2.15. The Bertz CT molecular complexity index is 500. The number of carboxylic acid groups (broad SMARTS) is 1. The molecular formula is C12H15ClF2N2O3. The summed E-state index contributed by atoms with van der Waals surface area (Å²) in [5.74, 6) is -3.14. The smallest absolute Gasteiger partial charge is 0.320 e. The van der Waals surface area contributed by atoms with Crippen LogP contribution in [0.3, 0.4) is 0 Å². The number of amides is 1. The van der Waals surface area contributed by atoms with Gasteiger partial charge in [0.05, 0.1) is 12.2 Å². The number of hydrogen-bond acceptors (Lipinski definition) is 3. The first-order valence-electron chi connectivity index (χ1n) is 5.49. The van der Waals surface area contributed by atoms with Crippen LogP contribution in [0.15, 0.2) is 18.2 Å². The van der Waals surface area contributed by atoms with Crippen molar-refractivity contribution in [2.45, 2.75) is 13.0 Å². The van der Waals surface area contributed by atoms with E-state index in [-0.39, 0.29) is 24.6 Å². The summed E-state index contributed by atoms with van der Waals surface area (Å²) in [5.41, 5.74) is -0.277. The van der Waals surface area contributed by atoms with Gasteiger partial charge >= 0.3 is 5.97 Å². The zero-order valence-corrected chi connectivity index (χ0v) is 11.7. The molecule has 0 saturated heterocycles. The molecule has 0 aliphatic rings. The molecule has 1 aromatic rings. The molecule has 112 valence electrons. The van der Waals surface area contributed by atoms with Crippen molar-refractivity contribution in [3.05, 3.63) is 29.8 Å². The Morgan fingerprint density at radius 1 is 1.40 bits per heavy atom. The average molecular weight is 309 g/mol. The van der Waals surface area contributed by atoms with Gasteiger partial charge in [0.2, 0.25) is 5.91 Å². The molecule has 0 radical (unpaired) electrons. The monoisotopic (exact) mass is 308 g/mol. The van der Waals surface area contributed by atoms with E-state index in [0.717, 1.165) is 18.2 Å². The summed E-state index contributed by atoms with van der Waals surface area (Å²) in [6, 6.07) is 1.83. The summed E-state index contributed by atoms with van der Waals surface area (Å²) < 4.78 is 26.2. The van der Waals surface area contributed by atoms with Gasteiger partial charge < -0.3 is 10.4 Å². The SMILES string of the molecule is CC(C(=O)O)N(C)CC(=O)Nc1cc(F)ccc1F.Cl. The number of anilines is 1. The molecule has 0 aliphatic heterocycles. The van der Waals surface area contributed by atoms with Gasteiger partial charge in [0.1, 0.15) is 17.7 Å². The highest BCUT2D eigenvalue weighted by Gasteiger charge is 2.19. The maximum Gasteiger partial charge on any atom is 0.320 e. The second-order valence-corrected chi connectivity index (χ2v) is 4.10. The van der Waals surface area contributed by atoms with Crippen molar-refractivity contribution in [1.29, 1.82) is 0 Å². The van der Waals surface area contributed by atoms with Gasteiger partial charge in [-0.3, -0.25) is 14.5 Å². The van der Waals surface area contributed by atoms with Crippen molar-refractivity contribution >= 4 is 30.0 Å². The zero-order chi connectivity index (χ0) is 14.6. The first-order valence-corrected chi connectivity index (χ1v) is 5.49. The highest BCUT2D eigenvalue weighted by molar-refractivity contribution is 5.92. The minimum atomic E-state index is -1.08. The Labute approximate surface area is 121 Å². The summed E-state index contributed by atoms with van der Waals surface area (Å²) in [7, 11) is 1.44. The lowest BCUT2D eigenvalue weighted by Gasteiger charge is -2.20. The van der Waals surface area contributed by atoms with Crippen LogP contribution in [0.5, 0.6) is 0 Å². The van der Waals surface area contributed by atoms with Gasteiger partial charge in [-0.2, -0.15) is 0 Å². The number of halogens is 3. The number of hydrogen-bond donors (Lipinski definition) is 2. The number of carbonyl (C=O) groups is 2. The first kappa shape index (κ1) is 18.3. The fourth-order valence-corrected chi connectivity index (χ4v) is 1.34. The summed E-state index contributed by atoms with van der Waals surface area (Å²) in [5, 5.41) is 10.9. The molecule has 1 rings (SSSR count). The lowest BCUT2D eigenvalue weighted by Crippen LogP contribution is -2.40. The lowest BCUT2D eigenvalue weighted by molar-refractivity contribution is -0.142. The number of aliphatic carboxylic acids is 1. The van der Waals surface area contributed by atoms with Gasteiger partial charge in [-0.15, -0.1) is 12.4 Å². The van der Waals surface area contributed by atoms with Crippen molar-refractivity contribution < 1.29 is 23.5 Å². The summed E-state index contributed by atoms with van der Waals surface area (Å²) in [6.07, 6.45) is 0. The third-order valence-corrected chi connectivity index (χ3v) is 2.61. The zero-order valence-electron chi connectivity index (χ0n) is 10.9. The molecule has 1 aromatic carbocycles. The number of nitrogens with zero attached hydrogens (tertiary/aromatic N) is 1. The molecule has 0 saturated carbocycles. The second kappa shape index (κ2) is 7.76. The summed E-state index contributed by atoms with van der Waals surface area (Å²) >= 11 is 0. The van der Waals surface area contributed by atoms with Gasteiger partial charge in [0.15, 0.2) is 0 Å². The number of benzene rings is 1. The highest BCUT2D eigenvalue weighted by atomic mass is 35.5. The van der Waals surface area contributed by atoms with Crippen molar-refractivity contribution in [2.24, 2.45) is 0 Å². The van der Waals surface area contributed by atoms with Crippen molar-refractivity contribution in [3.8, 4) is 0 Å². The summed E-state index contributed by atoms with van der Waals surface area (Å²) in [4.78, 5) is 23.5. The molecule has 8 heteroatoms.